The van der Waals surface area contributed by atoms with E-state index in [1.807, 2.05) is 53.4 Å². The number of nitrogens with zero attached hydrogens (tertiary/aromatic N) is 2. The lowest BCUT2D eigenvalue weighted by atomic mass is 10.1. The Morgan fingerprint density at radius 1 is 1.03 bits per heavy atom. The first-order chi connectivity index (χ1) is 14.1. The maximum atomic E-state index is 12.9. The fraction of sp³-hybridized carbons (Fsp3) is 0.304. The highest BCUT2D eigenvalue weighted by molar-refractivity contribution is 6.30. The van der Waals surface area contributed by atoms with Crippen LogP contribution in [0.25, 0.3) is 10.9 Å². The summed E-state index contributed by atoms with van der Waals surface area (Å²) in [7, 11) is 3.28. The Morgan fingerprint density at radius 2 is 1.72 bits per heavy atom. The SMILES string of the molecule is COc1ccc(CN(Cc2cc3cc(OC)ccc3nc2Cl)C(=O)C2CC2)cc1. The second-order valence-electron chi connectivity index (χ2n) is 7.31. The van der Waals surface area contributed by atoms with Crippen molar-refractivity contribution in [3.05, 3.63) is 64.8 Å². The van der Waals surface area contributed by atoms with Gasteiger partial charge in [0.1, 0.15) is 16.7 Å². The van der Waals surface area contributed by atoms with Gasteiger partial charge in [0.15, 0.2) is 0 Å². The van der Waals surface area contributed by atoms with Crippen LogP contribution in [0.2, 0.25) is 5.15 Å². The maximum Gasteiger partial charge on any atom is 0.226 e. The number of hydrogen-bond acceptors (Lipinski definition) is 4. The summed E-state index contributed by atoms with van der Waals surface area (Å²) < 4.78 is 10.5. The lowest BCUT2D eigenvalue weighted by Crippen LogP contribution is -2.31. The van der Waals surface area contributed by atoms with E-state index in [4.69, 9.17) is 21.1 Å². The third-order valence-corrected chi connectivity index (χ3v) is 5.51. The van der Waals surface area contributed by atoms with Crippen LogP contribution in [-0.4, -0.2) is 30.0 Å². The molecule has 0 aliphatic heterocycles. The summed E-state index contributed by atoms with van der Waals surface area (Å²) in [6.07, 6.45) is 1.91. The third-order valence-electron chi connectivity index (χ3n) is 5.18. The number of methoxy groups -OCH3 is 2. The Kier molecular flexibility index (Phi) is 5.58. The van der Waals surface area contributed by atoms with E-state index in [0.717, 1.165) is 46.4 Å². The molecule has 1 amide bonds. The normalized spacial score (nSPS) is 13.3. The van der Waals surface area contributed by atoms with E-state index >= 15 is 0 Å². The second-order valence-corrected chi connectivity index (χ2v) is 7.67. The van der Waals surface area contributed by atoms with Gasteiger partial charge in [0.2, 0.25) is 5.91 Å². The minimum absolute atomic E-state index is 0.125. The topological polar surface area (TPSA) is 51.7 Å². The van der Waals surface area contributed by atoms with E-state index in [0.29, 0.717) is 18.2 Å². The highest BCUT2D eigenvalue weighted by Crippen LogP contribution is 2.33. The van der Waals surface area contributed by atoms with Gasteiger partial charge in [-0.15, -0.1) is 0 Å². The maximum absolute atomic E-state index is 12.9. The van der Waals surface area contributed by atoms with Crippen LogP contribution in [0, 0.1) is 5.92 Å². The van der Waals surface area contributed by atoms with Crippen molar-refractivity contribution in [3.63, 3.8) is 0 Å². The molecule has 29 heavy (non-hydrogen) atoms. The predicted octanol–water partition coefficient (Wildman–Crippen LogP) is 4.84. The Bertz CT molecular complexity index is 1030. The van der Waals surface area contributed by atoms with Crippen molar-refractivity contribution < 1.29 is 14.3 Å². The van der Waals surface area contributed by atoms with Gasteiger partial charge in [-0.25, -0.2) is 4.98 Å². The molecule has 0 radical (unpaired) electrons. The Hall–Kier alpha value is -2.79. The molecule has 5 nitrogen and oxygen atoms in total. The largest absolute Gasteiger partial charge is 0.497 e. The van der Waals surface area contributed by atoms with Crippen LogP contribution < -0.4 is 9.47 Å². The molecule has 4 rings (SSSR count). The molecule has 1 aliphatic carbocycles. The number of hydrogen-bond donors (Lipinski definition) is 0. The molecule has 0 atom stereocenters. The molecule has 6 heteroatoms. The summed E-state index contributed by atoms with van der Waals surface area (Å²) in [5, 5.41) is 1.36. The molecule has 0 saturated heterocycles. The molecule has 0 bridgehead atoms. The fourth-order valence-electron chi connectivity index (χ4n) is 3.37. The first kappa shape index (κ1) is 19.5. The smallest absolute Gasteiger partial charge is 0.226 e. The number of rotatable bonds is 7. The summed E-state index contributed by atoms with van der Waals surface area (Å²) in [5.41, 5.74) is 2.68. The highest BCUT2D eigenvalue weighted by atomic mass is 35.5. The van der Waals surface area contributed by atoms with Crippen molar-refractivity contribution in [2.75, 3.05) is 14.2 Å². The van der Waals surface area contributed by atoms with E-state index in [2.05, 4.69) is 4.98 Å². The highest BCUT2D eigenvalue weighted by Gasteiger charge is 2.33. The first-order valence-electron chi connectivity index (χ1n) is 9.62. The van der Waals surface area contributed by atoms with Crippen molar-refractivity contribution in [3.8, 4) is 11.5 Å². The van der Waals surface area contributed by atoms with Crippen molar-refractivity contribution in [2.24, 2.45) is 5.92 Å². The molecule has 1 aromatic heterocycles. The summed E-state index contributed by atoms with van der Waals surface area (Å²) >= 11 is 6.47. The predicted molar refractivity (Wildman–Crippen MR) is 113 cm³/mol. The van der Waals surface area contributed by atoms with E-state index in [1.54, 1.807) is 14.2 Å². The number of benzene rings is 2. The van der Waals surface area contributed by atoms with Gasteiger partial charge in [0.05, 0.1) is 19.7 Å². The minimum Gasteiger partial charge on any atom is -0.497 e. The van der Waals surface area contributed by atoms with Crippen LogP contribution in [0.4, 0.5) is 0 Å². The van der Waals surface area contributed by atoms with Crippen LogP contribution in [0.5, 0.6) is 11.5 Å². The summed E-state index contributed by atoms with van der Waals surface area (Å²) in [5.74, 6) is 1.85. The Labute approximate surface area is 175 Å². The van der Waals surface area contributed by atoms with Crippen LogP contribution in [-0.2, 0) is 17.9 Å². The number of carbonyl (C=O) groups is 1. The number of halogens is 1. The lowest BCUT2D eigenvalue weighted by molar-refractivity contribution is -0.133. The average molecular weight is 411 g/mol. The monoisotopic (exact) mass is 410 g/mol. The van der Waals surface area contributed by atoms with Crippen molar-refractivity contribution >= 4 is 28.4 Å². The molecule has 0 unspecified atom stereocenters. The fourth-order valence-corrected chi connectivity index (χ4v) is 3.58. The number of fused-ring (bicyclic) bond motifs is 1. The van der Waals surface area contributed by atoms with Gasteiger partial charge in [0, 0.05) is 30.0 Å². The number of ether oxygens (including phenoxy) is 2. The molecule has 0 N–H and O–H groups in total. The van der Waals surface area contributed by atoms with Gasteiger partial charge in [0.25, 0.3) is 0 Å². The van der Waals surface area contributed by atoms with Gasteiger partial charge < -0.3 is 14.4 Å². The van der Waals surface area contributed by atoms with E-state index < -0.39 is 0 Å². The van der Waals surface area contributed by atoms with Crippen LogP contribution in [0.3, 0.4) is 0 Å². The number of pyridine rings is 1. The van der Waals surface area contributed by atoms with Crippen molar-refractivity contribution in [2.45, 2.75) is 25.9 Å². The molecule has 1 fully saturated rings. The molecule has 0 spiro atoms. The minimum atomic E-state index is 0.125. The quantitative estimate of drug-likeness (QED) is 0.523. The lowest BCUT2D eigenvalue weighted by Gasteiger charge is -2.24. The molecular formula is C23H23ClN2O3. The summed E-state index contributed by atoms with van der Waals surface area (Å²) in [6, 6.07) is 15.4. The standard InChI is InChI=1S/C23H23ClN2O3/c1-28-19-7-3-15(4-8-19)13-26(23(27)16-5-6-16)14-18-11-17-12-20(29-2)9-10-21(17)25-22(18)24/h3-4,7-12,16H,5-6,13-14H2,1-2H3. The van der Waals surface area contributed by atoms with Gasteiger partial charge in [-0.2, -0.15) is 0 Å². The zero-order chi connectivity index (χ0) is 20.4. The number of carbonyl (C=O) groups excluding carboxylic acids is 1. The molecule has 1 aliphatic rings. The van der Waals surface area contributed by atoms with E-state index in [9.17, 15) is 4.79 Å². The Balaban J connectivity index is 1.62. The molecule has 1 heterocycles. The second kappa shape index (κ2) is 8.29. The molecular weight excluding hydrogens is 388 g/mol. The molecule has 2 aromatic carbocycles. The zero-order valence-electron chi connectivity index (χ0n) is 16.5. The summed E-state index contributed by atoms with van der Waals surface area (Å²) in [4.78, 5) is 19.3. The molecule has 3 aromatic rings. The van der Waals surface area contributed by atoms with Crippen LogP contribution >= 0.6 is 11.6 Å². The van der Waals surface area contributed by atoms with Crippen LogP contribution in [0.15, 0.2) is 48.5 Å². The molecule has 1 saturated carbocycles. The third kappa shape index (κ3) is 4.46. The van der Waals surface area contributed by atoms with Crippen LogP contribution in [0.1, 0.15) is 24.0 Å². The average Bonchev–Trinajstić information content (AvgIpc) is 3.59. The molecule has 150 valence electrons. The van der Waals surface area contributed by atoms with Crippen molar-refractivity contribution in [1.29, 1.82) is 0 Å². The van der Waals surface area contributed by atoms with Crippen molar-refractivity contribution in [1.82, 2.24) is 9.88 Å². The van der Waals surface area contributed by atoms with Gasteiger partial charge in [-0.3, -0.25) is 4.79 Å². The number of amides is 1. The van der Waals surface area contributed by atoms with Gasteiger partial charge in [-0.05, 0) is 54.8 Å². The Morgan fingerprint density at radius 3 is 2.38 bits per heavy atom. The van der Waals surface area contributed by atoms with E-state index in [-0.39, 0.29) is 11.8 Å². The van der Waals surface area contributed by atoms with Gasteiger partial charge in [-0.1, -0.05) is 23.7 Å². The van der Waals surface area contributed by atoms with E-state index in [1.165, 1.54) is 0 Å². The first-order valence-corrected chi connectivity index (χ1v) is 10.00. The van der Waals surface area contributed by atoms with Gasteiger partial charge >= 0.3 is 0 Å². The summed E-state index contributed by atoms with van der Waals surface area (Å²) in [6.45, 7) is 0.937. The zero-order valence-corrected chi connectivity index (χ0v) is 17.3. The number of aromatic nitrogens is 1.